The van der Waals surface area contributed by atoms with Crippen LogP contribution < -0.4 is 0 Å². The van der Waals surface area contributed by atoms with Crippen LogP contribution in [-0.4, -0.2) is 4.98 Å². The summed E-state index contributed by atoms with van der Waals surface area (Å²) < 4.78 is 0. The molecule has 0 aromatic carbocycles. The van der Waals surface area contributed by atoms with Crippen molar-refractivity contribution in [2.24, 2.45) is 0 Å². The van der Waals surface area contributed by atoms with Crippen molar-refractivity contribution >= 4 is 17.3 Å². The summed E-state index contributed by atoms with van der Waals surface area (Å²) in [5.74, 6) is 0.402. The third-order valence-corrected chi connectivity index (χ3v) is 1.67. The standard InChI is InChI=1S/C8H7ClN2/c1-6-3-7(4-9)11-5-8(6)10-2/h3,5H,4H2,1H3. The second-order valence-electron chi connectivity index (χ2n) is 2.21. The van der Waals surface area contributed by atoms with Gasteiger partial charge in [-0.15, -0.1) is 11.6 Å². The first kappa shape index (κ1) is 8.03. The van der Waals surface area contributed by atoms with Crippen LogP contribution in [0.5, 0.6) is 0 Å². The number of hydrogen-bond acceptors (Lipinski definition) is 1. The van der Waals surface area contributed by atoms with Gasteiger partial charge in [0.2, 0.25) is 5.69 Å². The minimum atomic E-state index is 0.402. The molecule has 11 heavy (non-hydrogen) atoms. The number of nitrogens with zero attached hydrogens (tertiary/aromatic N) is 2. The van der Waals surface area contributed by atoms with Gasteiger partial charge in [-0.2, -0.15) is 0 Å². The molecule has 0 aliphatic heterocycles. The summed E-state index contributed by atoms with van der Waals surface area (Å²) in [6.07, 6.45) is 1.56. The highest BCUT2D eigenvalue weighted by atomic mass is 35.5. The van der Waals surface area contributed by atoms with Gasteiger partial charge in [-0.1, -0.05) is 0 Å². The molecule has 1 rings (SSSR count). The van der Waals surface area contributed by atoms with E-state index >= 15 is 0 Å². The normalized spacial score (nSPS) is 9.18. The van der Waals surface area contributed by atoms with Crippen molar-refractivity contribution in [3.05, 3.63) is 34.9 Å². The average Bonchev–Trinajstić information content (AvgIpc) is 2.04. The first-order chi connectivity index (χ1) is 5.27. The fourth-order valence-corrected chi connectivity index (χ4v) is 0.943. The van der Waals surface area contributed by atoms with Crippen LogP contribution in [0, 0.1) is 13.5 Å². The SMILES string of the molecule is [C-]#[N+]c1cnc(CCl)cc1C. The monoisotopic (exact) mass is 166 g/mol. The van der Waals surface area contributed by atoms with Crippen molar-refractivity contribution in [1.82, 2.24) is 4.98 Å². The van der Waals surface area contributed by atoms with Gasteiger partial charge < -0.3 is 0 Å². The number of rotatable bonds is 1. The van der Waals surface area contributed by atoms with Crippen LogP contribution in [0.3, 0.4) is 0 Å². The third kappa shape index (κ3) is 1.69. The average molecular weight is 167 g/mol. The van der Waals surface area contributed by atoms with Gasteiger partial charge in [0.25, 0.3) is 0 Å². The van der Waals surface area contributed by atoms with Gasteiger partial charge in [0.05, 0.1) is 18.1 Å². The minimum Gasteiger partial charge on any atom is -0.272 e. The maximum Gasteiger partial charge on any atom is 0.207 e. The second-order valence-corrected chi connectivity index (χ2v) is 2.47. The van der Waals surface area contributed by atoms with Crippen LogP contribution >= 0.6 is 11.6 Å². The van der Waals surface area contributed by atoms with Crippen molar-refractivity contribution in [3.63, 3.8) is 0 Å². The summed E-state index contributed by atoms with van der Waals surface area (Å²) in [5.41, 5.74) is 2.35. The Morgan fingerprint density at radius 2 is 2.45 bits per heavy atom. The van der Waals surface area contributed by atoms with Gasteiger partial charge in [0.1, 0.15) is 0 Å². The van der Waals surface area contributed by atoms with E-state index in [2.05, 4.69) is 9.83 Å². The molecule has 1 aromatic heterocycles. The van der Waals surface area contributed by atoms with Gasteiger partial charge in [-0.3, -0.25) is 4.98 Å². The first-order valence-corrected chi connectivity index (χ1v) is 3.70. The molecule has 1 aromatic rings. The van der Waals surface area contributed by atoms with Crippen molar-refractivity contribution in [1.29, 1.82) is 0 Å². The lowest BCUT2D eigenvalue weighted by Gasteiger charge is -1.97. The Kier molecular flexibility index (Phi) is 2.45. The number of alkyl halides is 1. The zero-order valence-corrected chi connectivity index (χ0v) is 6.89. The Labute approximate surface area is 70.7 Å². The van der Waals surface area contributed by atoms with Gasteiger partial charge in [0, 0.05) is 6.20 Å². The lowest BCUT2D eigenvalue weighted by molar-refractivity contribution is 1.16. The summed E-state index contributed by atoms with van der Waals surface area (Å²) >= 11 is 5.55. The van der Waals surface area contributed by atoms with Crippen molar-refractivity contribution < 1.29 is 0 Å². The molecule has 1 heterocycles. The molecule has 0 atom stereocenters. The molecule has 3 heteroatoms. The van der Waals surface area contributed by atoms with Crippen LogP contribution in [0.25, 0.3) is 4.85 Å². The molecule has 0 amide bonds. The lowest BCUT2D eigenvalue weighted by Crippen LogP contribution is -1.85. The number of pyridine rings is 1. The quantitative estimate of drug-likeness (QED) is 0.463. The van der Waals surface area contributed by atoms with Gasteiger partial charge in [-0.25, -0.2) is 4.85 Å². The molecule has 56 valence electrons. The van der Waals surface area contributed by atoms with Crippen LogP contribution in [-0.2, 0) is 5.88 Å². The van der Waals surface area contributed by atoms with E-state index in [4.69, 9.17) is 18.2 Å². The van der Waals surface area contributed by atoms with E-state index in [1.807, 2.05) is 13.0 Å². The van der Waals surface area contributed by atoms with Crippen molar-refractivity contribution in [2.75, 3.05) is 0 Å². The fraction of sp³-hybridized carbons (Fsp3) is 0.250. The zero-order valence-electron chi connectivity index (χ0n) is 6.13. The number of aromatic nitrogens is 1. The Bertz CT molecular complexity index is 301. The number of hydrogen-bond donors (Lipinski definition) is 0. The lowest BCUT2D eigenvalue weighted by atomic mass is 10.2. The molecule has 0 fully saturated rings. The first-order valence-electron chi connectivity index (χ1n) is 3.17. The molecule has 0 saturated heterocycles. The van der Waals surface area contributed by atoms with Gasteiger partial charge in [0.15, 0.2) is 0 Å². The topological polar surface area (TPSA) is 17.2 Å². The van der Waals surface area contributed by atoms with E-state index < -0.39 is 0 Å². The number of halogens is 1. The summed E-state index contributed by atoms with van der Waals surface area (Å²) in [6.45, 7) is 8.64. The molecular weight excluding hydrogens is 160 g/mol. The second kappa shape index (κ2) is 3.36. The molecule has 2 nitrogen and oxygen atoms in total. The van der Waals surface area contributed by atoms with E-state index in [0.29, 0.717) is 11.6 Å². The highest BCUT2D eigenvalue weighted by Crippen LogP contribution is 2.17. The molecule has 0 N–H and O–H groups in total. The van der Waals surface area contributed by atoms with Crippen molar-refractivity contribution in [2.45, 2.75) is 12.8 Å². The molecule has 0 spiro atoms. The highest BCUT2D eigenvalue weighted by molar-refractivity contribution is 6.16. The smallest absolute Gasteiger partial charge is 0.207 e. The van der Waals surface area contributed by atoms with Crippen LogP contribution in [0.4, 0.5) is 5.69 Å². The predicted octanol–water partition coefficient (Wildman–Crippen LogP) is 2.68. The Balaban J connectivity index is 3.12. The maximum absolute atomic E-state index is 6.76. The maximum atomic E-state index is 6.76. The van der Waals surface area contributed by atoms with Crippen LogP contribution in [0.2, 0.25) is 0 Å². The van der Waals surface area contributed by atoms with E-state index in [0.717, 1.165) is 11.3 Å². The van der Waals surface area contributed by atoms with Crippen LogP contribution in [0.15, 0.2) is 12.3 Å². The summed E-state index contributed by atoms with van der Waals surface area (Å²) in [7, 11) is 0. The van der Waals surface area contributed by atoms with Crippen LogP contribution in [0.1, 0.15) is 11.3 Å². The van der Waals surface area contributed by atoms with Crippen molar-refractivity contribution in [3.8, 4) is 0 Å². The molecule has 0 saturated carbocycles. The largest absolute Gasteiger partial charge is 0.272 e. The third-order valence-electron chi connectivity index (χ3n) is 1.40. The fourth-order valence-electron chi connectivity index (χ4n) is 0.797. The van der Waals surface area contributed by atoms with E-state index in [9.17, 15) is 0 Å². The molecular formula is C8H7ClN2. The highest BCUT2D eigenvalue weighted by Gasteiger charge is 1.98. The Morgan fingerprint density at radius 1 is 1.73 bits per heavy atom. The summed E-state index contributed by atoms with van der Waals surface area (Å²) in [4.78, 5) is 7.27. The Morgan fingerprint density at radius 3 is 2.91 bits per heavy atom. The molecule has 0 aliphatic carbocycles. The number of aryl methyl sites for hydroxylation is 1. The molecule has 0 unspecified atom stereocenters. The predicted molar refractivity (Wildman–Crippen MR) is 44.8 cm³/mol. The zero-order chi connectivity index (χ0) is 8.27. The molecule has 0 bridgehead atoms. The van der Waals surface area contributed by atoms with E-state index in [-0.39, 0.29) is 0 Å². The van der Waals surface area contributed by atoms with E-state index in [1.54, 1.807) is 6.20 Å². The van der Waals surface area contributed by atoms with Gasteiger partial charge >= 0.3 is 0 Å². The Hall–Kier alpha value is -1.07. The minimum absolute atomic E-state index is 0.402. The van der Waals surface area contributed by atoms with E-state index in [1.165, 1.54) is 0 Å². The van der Waals surface area contributed by atoms with Gasteiger partial charge in [-0.05, 0) is 18.6 Å². The molecule has 0 aliphatic rings. The summed E-state index contributed by atoms with van der Waals surface area (Å²) in [5, 5.41) is 0. The summed E-state index contributed by atoms with van der Waals surface area (Å²) in [6, 6.07) is 1.83. The molecule has 0 radical (unpaired) electrons.